The maximum atomic E-state index is 12.9. The first kappa shape index (κ1) is 18.3. The summed E-state index contributed by atoms with van der Waals surface area (Å²) in [6.45, 7) is 3.86. The van der Waals surface area contributed by atoms with E-state index < -0.39 is 11.7 Å². The minimum absolute atomic E-state index is 0.0959. The molecule has 128 valence electrons. The molecule has 1 heterocycles. The van der Waals surface area contributed by atoms with E-state index in [0.717, 1.165) is 29.2 Å². The molecule has 1 aromatic heterocycles. The van der Waals surface area contributed by atoms with E-state index in [9.17, 15) is 18.0 Å². The molecule has 0 radical (unpaired) electrons. The van der Waals surface area contributed by atoms with Gasteiger partial charge in [-0.3, -0.25) is 4.79 Å². The summed E-state index contributed by atoms with van der Waals surface area (Å²) in [6.07, 6.45) is -2.90. The third kappa shape index (κ3) is 5.24. The van der Waals surface area contributed by atoms with Crippen molar-refractivity contribution in [2.45, 2.75) is 10.5 Å². The van der Waals surface area contributed by atoms with Crippen LogP contribution < -0.4 is 10.6 Å². The van der Waals surface area contributed by atoms with Gasteiger partial charge in [0.05, 0.1) is 17.0 Å². The van der Waals surface area contributed by atoms with Gasteiger partial charge in [-0.25, -0.2) is 0 Å². The van der Waals surface area contributed by atoms with Crippen molar-refractivity contribution in [3.8, 4) is 0 Å². The average molecular weight is 374 g/mol. The van der Waals surface area contributed by atoms with Gasteiger partial charge < -0.3 is 10.6 Å². The molecule has 0 fully saturated rings. The molecular weight excluding hydrogens is 361 g/mol. The molecule has 0 spiro atoms. The third-order valence-electron chi connectivity index (χ3n) is 2.65. The molecule has 1 amide bonds. The molecule has 5 nitrogen and oxygen atoms in total. The van der Waals surface area contributed by atoms with E-state index in [0.29, 0.717) is 10.9 Å². The maximum Gasteiger partial charge on any atom is 0.418 e. The van der Waals surface area contributed by atoms with E-state index in [-0.39, 0.29) is 22.5 Å². The highest BCUT2D eigenvalue weighted by Gasteiger charge is 2.33. The Morgan fingerprint density at radius 2 is 2.08 bits per heavy atom. The van der Waals surface area contributed by atoms with Gasteiger partial charge in [-0.15, -0.1) is 16.8 Å². The monoisotopic (exact) mass is 374 g/mol. The normalized spacial score (nSPS) is 11.1. The fraction of sp³-hybridized carbons (Fsp3) is 0.214. The summed E-state index contributed by atoms with van der Waals surface area (Å²) >= 11 is 2.23. The number of nitrogens with zero attached hydrogens (tertiary/aromatic N) is 2. The Labute approximate surface area is 144 Å². The number of hydrogen-bond donors (Lipinski definition) is 2. The fourth-order valence-corrected chi connectivity index (χ4v) is 3.23. The number of anilines is 2. The zero-order valence-electron chi connectivity index (χ0n) is 12.3. The Morgan fingerprint density at radius 3 is 2.79 bits per heavy atom. The molecule has 0 atom stereocenters. The van der Waals surface area contributed by atoms with Crippen molar-refractivity contribution in [3.63, 3.8) is 0 Å². The zero-order chi connectivity index (χ0) is 17.6. The molecule has 0 bridgehead atoms. The van der Waals surface area contributed by atoms with Crippen LogP contribution in [0.4, 0.5) is 24.0 Å². The molecule has 1 aromatic carbocycles. The summed E-state index contributed by atoms with van der Waals surface area (Å²) in [5, 5.41) is 13.1. The first-order valence-electron chi connectivity index (χ1n) is 6.67. The molecule has 10 heteroatoms. The molecule has 2 rings (SSSR count). The van der Waals surface area contributed by atoms with Crippen LogP contribution in [0.5, 0.6) is 0 Å². The highest BCUT2D eigenvalue weighted by molar-refractivity contribution is 8.01. The summed E-state index contributed by atoms with van der Waals surface area (Å²) < 4.78 is 39.3. The predicted octanol–water partition coefficient (Wildman–Crippen LogP) is 3.69. The SMILES string of the molecule is C=CCNC(=O)CSc1nnc(Nc2ccccc2C(F)(F)F)s1. The van der Waals surface area contributed by atoms with Gasteiger partial charge in [0, 0.05) is 6.54 Å². The number of nitrogens with one attached hydrogen (secondary N) is 2. The smallest absolute Gasteiger partial charge is 0.352 e. The van der Waals surface area contributed by atoms with E-state index in [1.807, 2.05) is 0 Å². The van der Waals surface area contributed by atoms with Gasteiger partial charge in [-0.2, -0.15) is 13.2 Å². The summed E-state index contributed by atoms with van der Waals surface area (Å²) in [5.74, 6) is -0.0475. The van der Waals surface area contributed by atoms with Crippen LogP contribution in [-0.2, 0) is 11.0 Å². The van der Waals surface area contributed by atoms with Crippen molar-refractivity contribution < 1.29 is 18.0 Å². The van der Waals surface area contributed by atoms with Gasteiger partial charge in [-0.05, 0) is 12.1 Å². The van der Waals surface area contributed by atoms with Crippen LogP contribution in [0.25, 0.3) is 0 Å². The van der Waals surface area contributed by atoms with Crippen molar-refractivity contribution in [2.75, 3.05) is 17.6 Å². The quantitative estimate of drug-likeness (QED) is 0.571. The van der Waals surface area contributed by atoms with Crippen LogP contribution >= 0.6 is 23.1 Å². The lowest BCUT2D eigenvalue weighted by Gasteiger charge is -2.12. The lowest BCUT2D eigenvalue weighted by atomic mass is 10.2. The highest BCUT2D eigenvalue weighted by atomic mass is 32.2. The Morgan fingerprint density at radius 1 is 1.33 bits per heavy atom. The van der Waals surface area contributed by atoms with E-state index >= 15 is 0 Å². The number of thioether (sulfide) groups is 1. The van der Waals surface area contributed by atoms with Crippen LogP contribution in [0.3, 0.4) is 0 Å². The molecule has 2 aromatic rings. The number of para-hydroxylation sites is 1. The largest absolute Gasteiger partial charge is 0.418 e. The van der Waals surface area contributed by atoms with Gasteiger partial charge >= 0.3 is 6.18 Å². The summed E-state index contributed by atoms with van der Waals surface area (Å²) in [4.78, 5) is 11.5. The number of hydrogen-bond acceptors (Lipinski definition) is 6. The van der Waals surface area contributed by atoms with Crippen LogP contribution in [0.2, 0.25) is 0 Å². The average Bonchev–Trinajstić information content (AvgIpc) is 2.98. The number of carbonyl (C=O) groups excluding carboxylic acids is 1. The molecular formula is C14H13F3N4OS2. The van der Waals surface area contributed by atoms with E-state index in [2.05, 4.69) is 27.4 Å². The minimum atomic E-state index is -4.46. The molecule has 0 aliphatic rings. The molecule has 0 saturated heterocycles. The molecule has 0 aliphatic heterocycles. The molecule has 0 saturated carbocycles. The van der Waals surface area contributed by atoms with Gasteiger partial charge in [-0.1, -0.05) is 41.3 Å². The van der Waals surface area contributed by atoms with Crippen LogP contribution in [-0.4, -0.2) is 28.4 Å². The zero-order valence-corrected chi connectivity index (χ0v) is 13.9. The second-order valence-corrected chi connectivity index (χ2v) is 6.62. The fourth-order valence-electron chi connectivity index (χ4n) is 1.64. The van der Waals surface area contributed by atoms with Gasteiger partial charge in [0.25, 0.3) is 0 Å². The van der Waals surface area contributed by atoms with E-state index in [4.69, 9.17) is 0 Å². The number of benzene rings is 1. The highest BCUT2D eigenvalue weighted by Crippen LogP contribution is 2.36. The second kappa shape index (κ2) is 8.15. The second-order valence-electron chi connectivity index (χ2n) is 4.42. The summed E-state index contributed by atoms with van der Waals surface area (Å²) in [5.41, 5.74) is -0.875. The molecule has 0 aliphatic carbocycles. The van der Waals surface area contributed by atoms with Crippen molar-refractivity contribution in [1.29, 1.82) is 0 Å². The number of halogens is 3. The third-order valence-corrected chi connectivity index (χ3v) is 4.62. The lowest BCUT2D eigenvalue weighted by Crippen LogP contribution is -2.24. The predicted molar refractivity (Wildman–Crippen MR) is 88.6 cm³/mol. The van der Waals surface area contributed by atoms with Crippen LogP contribution in [0.1, 0.15) is 5.56 Å². The number of aromatic nitrogens is 2. The van der Waals surface area contributed by atoms with Gasteiger partial charge in [0.1, 0.15) is 0 Å². The first-order valence-corrected chi connectivity index (χ1v) is 8.47. The lowest BCUT2D eigenvalue weighted by molar-refractivity contribution is -0.137. The standard InChI is InChI=1S/C14H13F3N4OS2/c1-2-7-18-11(22)8-23-13-21-20-12(24-13)19-10-6-4-3-5-9(10)14(15,16)17/h2-6H,1,7-8H2,(H,18,22)(H,19,20). The molecule has 24 heavy (non-hydrogen) atoms. The topological polar surface area (TPSA) is 66.9 Å². The van der Waals surface area contributed by atoms with Crippen molar-refractivity contribution >= 4 is 39.8 Å². The van der Waals surface area contributed by atoms with Gasteiger partial charge in [0.2, 0.25) is 11.0 Å². The Hall–Kier alpha value is -2.07. The van der Waals surface area contributed by atoms with Crippen molar-refractivity contribution in [2.24, 2.45) is 0 Å². The maximum absolute atomic E-state index is 12.9. The van der Waals surface area contributed by atoms with Crippen LogP contribution in [0, 0.1) is 0 Å². The summed E-state index contributed by atoms with van der Waals surface area (Å²) in [6, 6.07) is 5.12. The van der Waals surface area contributed by atoms with Gasteiger partial charge in [0.15, 0.2) is 4.34 Å². The Bertz CT molecular complexity index is 718. The Kier molecular flexibility index (Phi) is 6.21. The Balaban J connectivity index is 2.00. The van der Waals surface area contributed by atoms with Crippen LogP contribution in [0.15, 0.2) is 41.3 Å². The van der Waals surface area contributed by atoms with Crippen molar-refractivity contribution in [3.05, 3.63) is 42.5 Å². The first-order chi connectivity index (χ1) is 11.4. The van der Waals surface area contributed by atoms with E-state index in [1.54, 1.807) is 6.08 Å². The molecule has 2 N–H and O–H groups in total. The summed E-state index contributed by atoms with van der Waals surface area (Å²) in [7, 11) is 0. The van der Waals surface area contributed by atoms with E-state index in [1.165, 1.54) is 18.2 Å². The minimum Gasteiger partial charge on any atom is -0.352 e. The number of alkyl halides is 3. The number of carbonyl (C=O) groups is 1. The number of rotatable bonds is 7. The molecule has 0 unspecified atom stereocenters. The van der Waals surface area contributed by atoms with Crippen molar-refractivity contribution in [1.82, 2.24) is 15.5 Å². The number of amides is 1.